The molecular formula is C10H21N. The molecule has 66 valence electrons. The number of hydrogen-bond donors (Lipinski definition) is 1. The summed E-state index contributed by atoms with van der Waals surface area (Å²) < 4.78 is 0. The third kappa shape index (κ3) is 2.19. The lowest BCUT2D eigenvalue weighted by Gasteiger charge is -2.29. The lowest BCUT2D eigenvalue weighted by molar-refractivity contribution is 0.225. The lowest BCUT2D eigenvalue weighted by Crippen LogP contribution is -2.30. The van der Waals surface area contributed by atoms with E-state index in [0.29, 0.717) is 5.41 Å². The summed E-state index contributed by atoms with van der Waals surface area (Å²) in [6.45, 7) is 7.80. The molecule has 0 aromatic rings. The zero-order valence-corrected chi connectivity index (χ0v) is 8.06. The predicted octanol–water partition coefficient (Wildman–Crippen LogP) is 2.41. The van der Waals surface area contributed by atoms with E-state index in [1.165, 1.54) is 19.3 Å². The van der Waals surface area contributed by atoms with Crippen molar-refractivity contribution in [2.24, 2.45) is 23.0 Å². The van der Waals surface area contributed by atoms with Crippen LogP contribution in [0.4, 0.5) is 0 Å². The molecule has 0 bridgehead atoms. The summed E-state index contributed by atoms with van der Waals surface area (Å²) in [6, 6.07) is 0. The number of rotatable bonds is 4. The molecule has 0 aromatic carbocycles. The van der Waals surface area contributed by atoms with Gasteiger partial charge in [0.25, 0.3) is 0 Å². The van der Waals surface area contributed by atoms with Crippen molar-refractivity contribution in [1.82, 2.24) is 0 Å². The van der Waals surface area contributed by atoms with Gasteiger partial charge in [-0.25, -0.2) is 0 Å². The Hall–Kier alpha value is -0.0400. The van der Waals surface area contributed by atoms with Crippen molar-refractivity contribution in [2.45, 2.75) is 40.0 Å². The van der Waals surface area contributed by atoms with Crippen LogP contribution < -0.4 is 5.73 Å². The quantitative estimate of drug-likeness (QED) is 0.663. The Morgan fingerprint density at radius 2 is 2.00 bits per heavy atom. The average molecular weight is 155 g/mol. The Bertz CT molecular complexity index is 127. The zero-order chi connectivity index (χ0) is 8.48. The van der Waals surface area contributed by atoms with Crippen LogP contribution in [0.1, 0.15) is 40.0 Å². The summed E-state index contributed by atoms with van der Waals surface area (Å²) in [5.41, 5.74) is 6.25. The molecule has 1 aliphatic carbocycles. The molecule has 1 rings (SSSR count). The smallest absolute Gasteiger partial charge is 0.00204 e. The van der Waals surface area contributed by atoms with Gasteiger partial charge in [0.05, 0.1) is 0 Å². The first-order valence-corrected chi connectivity index (χ1v) is 4.78. The summed E-state index contributed by atoms with van der Waals surface area (Å²) >= 11 is 0. The first-order valence-electron chi connectivity index (χ1n) is 4.78. The van der Waals surface area contributed by atoms with Crippen molar-refractivity contribution >= 4 is 0 Å². The molecule has 0 radical (unpaired) electrons. The van der Waals surface area contributed by atoms with Crippen LogP contribution in [0.3, 0.4) is 0 Å². The third-order valence-electron chi connectivity index (χ3n) is 2.90. The van der Waals surface area contributed by atoms with Gasteiger partial charge in [0, 0.05) is 0 Å². The third-order valence-corrected chi connectivity index (χ3v) is 2.90. The van der Waals surface area contributed by atoms with E-state index in [0.717, 1.165) is 18.4 Å². The lowest BCUT2D eigenvalue weighted by atomic mass is 9.78. The highest BCUT2D eigenvalue weighted by Crippen LogP contribution is 2.48. The molecule has 0 aromatic heterocycles. The Morgan fingerprint density at radius 1 is 1.45 bits per heavy atom. The van der Waals surface area contributed by atoms with Crippen LogP contribution in [0.5, 0.6) is 0 Å². The largest absolute Gasteiger partial charge is 0.330 e. The van der Waals surface area contributed by atoms with Gasteiger partial charge in [-0.2, -0.15) is 0 Å². The Morgan fingerprint density at radius 3 is 2.27 bits per heavy atom. The van der Waals surface area contributed by atoms with E-state index in [9.17, 15) is 0 Å². The maximum atomic E-state index is 5.80. The number of nitrogens with two attached hydrogens (primary N) is 1. The molecule has 2 N–H and O–H groups in total. The van der Waals surface area contributed by atoms with E-state index >= 15 is 0 Å². The van der Waals surface area contributed by atoms with E-state index in [1.807, 2.05) is 0 Å². The van der Waals surface area contributed by atoms with E-state index in [-0.39, 0.29) is 0 Å². The molecule has 11 heavy (non-hydrogen) atoms. The van der Waals surface area contributed by atoms with Crippen molar-refractivity contribution in [3.05, 3.63) is 0 Å². The van der Waals surface area contributed by atoms with Gasteiger partial charge in [0.15, 0.2) is 0 Å². The van der Waals surface area contributed by atoms with Crippen molar-refractivity contribution in [3.8, 4) is 0 Å². The summed E-state index contributed by atoms with van der Waals surface area (Å²) in [5.74, 6) is 1.74. The van der Waals surface area contributed by atoms with Gasteiger partial charge in [0.2, 0.25) is 0 Å². The molecule has 0 spiro atoms. The van der Waals surface area contributed by atoms with E-state index < -0.39 is 0 Å². The van der Waals surface area contributed by atoms with Crippen LogP contribution in [-0.4, -0.2) is 6.54 Å². The first-order chi connectivity index (χ1) is 5.08. The molecule has 0 heterocycles. The SMILES string of the molecule is CC(C)CC(C)(CN)C1CC1. The number of hydrogen-bond acceptors (Lipinski definition) is 1. The monoisotopic (exact) mass is 155 g/mol. The molecule has 1 heteroatoms. The fourth-order valence-electron chi connectivity index (χ4n) is 2.13. The molecule has 0 aliphatic heterocycles. The van der Waals surface area contributed by atoms with E-state index in [2.05, 4.69) is 20.8 Å². The normalized spacial score (nSPS) is 23.7. The highest BCUT2D eigenvalue weighted by Gasteiger charge is 2.40. The van der Waals surface area contributed by atoms with Crippen LogP contribution in [-0.2, 0) is 0 Å². The highest BCUT2D eigenvalue weighted by atomic mass is 14.6. The molecule has 1 aliphatic rings. The summed E-state index contributed by atoms with van der Waals surface area (Å²) in [4.78, 5) is 0. The molecular weight excluding hydrogens is 134 g/mol. The maximum Gasteiger partial charge on any atom is -0.00204 e. The molecule has 1 unspecified atom stereocenters. The summed E-state index contributed by atoms with van der Waals surface area (Å²) in [6.07, 6.45) is 4.13. The summed E-state index contributed by atoms with van der Waals surface area (Å²) in [7, 11) is 0. The van der Waals surface area contributed by atoms with Gasteiger partial charge >= 0.3 is 0 Å². The molecule has 1 fully saturated rings. The zero-order valence-electron chi connectivity index (χ0n) is 8.06. The molecule has 0 amide bonds. The fraction of sp³-hybridized carbons (Fsp3) is 1.00. The second-order valence-electron chi connectivity index (χ2n) is 4.73. The van der Waals surface area contributed by atoms with Gasteiger partial charge in [-0.3, -0.25) is 0 Å². The highest BCUT2D eigenvalue weighted by molar-refractivity contribution is 4.92. The standard InChI is InChI=1S/C10H21N/c1-8(2)6-10(3,7-11)9-4-5-9/h8-9H,4-7,11H2,1-3H3. The minimum Gasteiger partial charge on any atom is -0.330 e. The molecule has 1 nitrogen and oxygen atoms in total. The molecule has 0 saturated heterocycles. The Kier molecular flexibility index (Phi) is 2.58. The van der Waals surface area contributed by atoms with Crippen LogP contribution in [0.15, 0.2) is 0 Å². The van der Waals surface area contributed by atoms with Crippen molar-refractivity contribution in [3.63, 3.8) is 0 Å². The Balaban J connectivity index is 2.44. The molecule has 1 saturated carbocycles. The fourth-order valence-corrected chi connectivity index (χ4v) is 2.13. The summed E-state index contributed by atoms with van der Waals surface area (Å²) in [5, 5.41) is 0. The van der Waals surface area contributed by atoms with Crippen LogP contribution in [0.25, 0.3) is 0 Å². The van der Waals surface area contributed by atoms with Crippen LogP contribution in [0.2, 0.25) is 0 Å². The first kappa shape index (κ1) is 9.05. The van der Waals surface area contributed by atoms with Crippen molar-refractivity contribution < 1.29 is 0 Å². The van der Waals surface area contributed by atoms with E-state index in [4.69, 9.17) is 5.73 Å². The van der Waals surface area contributed by atoms with Gasteiger partial charge in [0.1, 0.15) is 0 Å². The second kappa shape index (κ2) is 3.14. The topological polar surface area (TPSA) is 26.0 Å². The minimum absolute atomic E-state index is 0.453. The van der Waals surface area contributed by atoms with Crippen LogP contribution in [0, 0.1) is 17.3 Å². The maximum absolute atomic E-state index is 5.80. The van der Waals surface area contributed by atoms with Crippen LogP contribution >= 0.6 is 0 Å². The van der Waals surface area contributed by atoms with E-state index in [1.54, 1.807) is 0 Å². The average Bonchev–Trinajstić information content (AvgIpc) is 2.66. The van der Waals surface area contributed by atoms with Gasteiger partial charge in [-0.15, -0.1) is 0 Å². The predicted molar refractivity (Wildman–Crippen MR) is 49.3 cm³/mol. The van der Waals surface area contributed by atoms with Gasteiger partial charge < -0.3 is 5.73 Å². The Labute approximate surface area is 70.4 Å². The van der Waals surface area contributed by atoms with Crippen molar-refractivity contribution in [2.75, 3.05) is 6.54 Å². The minimum atomic E-state index is 0.453. The molecule has 1 atom stereocenters. The van der Waals surface area contributed by atoms with Crippen molar-refractivity contribution in [1.29, 1.82) is 0 Å². The van der Waals surface area contributed by atoms with Gasteiger partial charge in [-0.1, -0.05) is 20.8 Å². The second-order valence-corrected chi connectivity index (χ2v) is 4.73. The van der Waals surface area contributed by atoms with Gasteiger partial charge in [-0.05, 0) is 43.1 Å².